The van der Waals surface area contributed by atoms with Crippen LogP contribution in [0.3, 0.4) is 0 Å². The van der Waals surface area contributed by atoms with Gasteiger partial charge in [0.05, 0.1) is 13.1 Å². The summed E-state index contributed by atoms with van der Waals surface area (Å²) in [5.41, 5.74) is 11.8. The molecule has 0 heterocycles. The van der Waals surface area contributed by atoms with E-state index in [-0.39, 0.29) is 65.3 Å². The Labute approximate surface area is 286 Å². The normalized spacial score (nSPS) is 12.1. The predicted molar refractivity (Wildman–Crippen MR) is 155 cm³/mol. The van der Waals surface area contributed by atoms with Crippen molar-refractivity contribution < 1.29 is 79.3 Å². The number of hydrogen-bond donors (Lipinski definition) is 2. The van der Waals surface area contributed by atoms with Gasteiger partial charge in [-0.25, -0.2) is 8.78 Å². The molecule has 0 saturated carbocycles. The molecule has 17 heteroatoms. The van der Waals surface area contributed by atoms with Crippen LogP contribution in [0.4, 0.5) is 35.1 Å². The van der Waals surface area contributed by atoms with Crippen LogP contribution in [-0.2, 0) is 34.6 Å². The quantitative estimate of drug-likeness (QED) is 0.176. The molecule has 0 bridgehead atoms. The summed E-state index contributed by atoms with van der Waals surface area (Å²) in [6.45, 7) is 8.52. The molecule has 0 amide bonds. The van der Waals surface area contributed by atoms with Crippen LogP contribution in [0, 0.1) is 11.6 Å². The Bertz CT molecular complexity index is 1150. The molecule has 0 aliphatic heterocycles. The van der Waals surface area contributed by atoms with E-state index in [1.807, 2.05) is 13.8 Å². The molecule has 7 nitrogen and oxygen atoms in total. The Balaban J connectivity index is -0.000000303. The summed E-state index contributed by atoms with van der Waals surface area (Å²) in [5, 5.41) is 21.2. The molecular weight excluding hydrogens is 711 g/mol. The minimum absolute atomic E-state index is 0. The van der Waals surface area contributed by atoms with Crippen molar-refractivity contribution in [3.63, 3.8) is 0 Å². The minimum Gasteiger partial charge on any atom is -1.00 e. The zero-order valence-corrected chi connectivity index (χ0v) is 27.8. The van der Waals surface area contributed by atoms with Crippen LogP contribution in [0.2, 0.25) is 0 Å². The molecule has 268 valence electrons. The van der Waals surface area contributed by atoms with E-state index in [0.29, 0.717) is 25.2 Å². The third-order valence-electron chi connectivity index (χ3n) is 4.72. The number of aliphatic imine (C=N–C) groups is 2. The summed E-state index contributed by atoms with van der Waals surface area (Å²) in [4.78, 5) is 7.18. The fourth-order valence-electron chi connectivity index (χ4n) is 2.62. The number of nitrogens with zero attached hydrogens (tertiary/aromatic N) is 2. The van der Waals surface area contributed by atoms with Gasteiger partial charge in [0.25, 0.3) is 0 Å². The van der Waals surface area contributed by atoms with E-state index in [2.05, 4.69) is 9.98 Å². The molecule has 0 radical (unpaired) electrons. The van der Waals surface area contributed by atoms with Gasteiger partial charge in [0, 0.05) is 37.7 Å². The maximum Gasteiger partial charge on any atom is 3.00 e. The molecule has 2 aromatic rings. The molecule has 4 N–H and O–H groups in total. The van der Waals surface area contributed by atoms with Crippen molar-refractivity contribution in [1.82, 2.24) is 0 Å². The molecule has 0 aromatic heterocycles. The van der Waals surface area contributed by atoms with Crippen molar-refractivity contribution in [3.8, 4) is 0 Å². The average molecular weight is 749 g/mol. The summed E-state index contributed by atoms with van der Waals surface area (Å²) >= 11 is 0. The van der Waals surface area contributed by atoms with Crippen LogP contribution >= 0.6 is 0 Å². The van der Waals surface area contributed by atoms with Crippen molar-refractivity contribution in [2.24, 2.45) is 21.5 Å². The number of nitrogens with two attached hydrogens (primary N) is 2. The van der Waals surface area contributed by atoms with Gasteiger partial charge in [-0.15, -0.1) is 0 Å². The number of hydrogen-bond acceptors (Lipinski definition) is 7. The first-order chi connectivity index (χ1) is 20.9. The molecule has 0 aliphatic carbocycles. The summed E-state index contributed by atoms with van der Waals surface area (Å²) in [7, 11) is 0. The maximum atomic E-state index is 12.3. The van der Waals surface area contributed by atoms with Gasteiger partial charge in [0.1, 0.15) is 11.6 Å². The number of allylic oxidation sites excluding steroid dienone is 4. The number of alkyl halides is 6. The Morgan fingerprint density at radius 1 is 0.723 bits per heavy atom. The summed E-state index contributed by atoms with van der Waals surface area (Å²) in [5.74, 6) is -4.56. The molecule has 2 rings (SSSR count). The summed E-state index contributed by atoms with van der Waals surface area (Å²) < 4.78 is 101. The molecule has 47 heavy (non-hydrogen) atoms. The number of rotatable bonds is 9. The van der Waals surface area contributed by atoms with Gasteiger partial charge in [-0.3, -0.25) is 9.98 Å². The number of halogens is 9. The SMILES string of the molecule is CC(/C=C(\[O-])C(F)(F)F)=NCCN=C(C)/C=C(\[O-])C(F)(F)F.CCOCC.NCc1cccc(F)c1.NCc1cccc(F)c1.[Cl-].[Co+3]. The van der Waals surface area contributed by atoms with Crippen LogP contribution in [0.15, 0.2) is 82.2 Å². The molecule has 0 unspecified atom stereocenters. The standard InChI is InChI=1S/C12H14F6N2O2.2C7H8FN.C4H10O.ClH.Co/c1-7(5-9(21)11(13,14)15)19-3-4-20-8(2)6-10(22)12(16,17)18;2*8-7-3-1-2-6(4-7)5-9;1-3-5-4-2;;/h5-6,21-22H,3-4H2,1-2H3;2*1-4H,5,9H2;3-4H2,1-2H3;1H;/q;;;;;+3/p-3/b9-5-,10-6-,19-7?,20-8?;;;;;. The van der Waals surface area contributed by atoms with Crippen LogP contribution in [-0.4, -0.2) is 50.1 Å². The second-order valence-corrected chi connectivity index (χ2v) is 8.51. The van der Waals surface area contributed by atoms with Crippen molar-refractivity contribution in [2.45, 2.75) is 53.1 Å². The molecule has 2 aromatic carbocycles. The van der Waals surface area contributed by atoms with E-state index < -0.39 is 23.9 Å². The van der Waals surface area contributed by atoms with Gasteiger partial charge in [0.2, 0.25) is 0 Å². The Hall–Kier alpha value is -3.02. The van der Waals surface area contributed by atoms with Crippen molar-refractivity contribution in [2.75, 3.05) is 26.3 Å². The van der Waals surface area contributed by atoms with Crippen molar-refractivity contribution in [1.29, 1.82) is 0 Å². The predicted octanol–water partition coefficient (Wildman–Crippen LogP) is 2.13. The monoisotopic (exact) mass is 748 g/mol. The van der Waals surface area contributed by atoms with Crippen LogP contribution in [0.5, 0.6) is 0 Å². The van der Waals surface area contributed by atoms with Crippen LogP contribution in [0.25, 0.3) is 0 Å². The first-order valence-corrected chi connectivity index (χ1v) is 13.3. The first-order valence-electron chi connectivity index (χ1n) is 13.3. The Morgan fingerprint density at radius 3 is 1.23 bits per heavy atom. The van der Waals surface area contributed by atoms with Gasteiger partial charge in [-0.1, -0.05) is 24.3 Å². The largest absolute Gasteiger partial charge is 3.00 e. The van der Waals surface area contributed by atoms with Crippen molar-refractivity contribution >= 4 is 11.4 Å². The smallest absolute Gasteiger partial charge is 1.00 e. The molecule has 0 aliphatic rings. The molecule has 0 spiro atoms. The van der Waals surface area contributed by atoms with E-state index in [1.165, 1.54) is 38.1 Å². The third-order valence-corrected chi connectivity index (χ3v) is 4.72. The van der Waals surface area contributed by atoms with E-state index in [9.17, 15) is 45.3 Å². The average Bonchev–Trinajstić information content (AvgIpc) is 2.95. The zero-order chi connectivity index (χ0) is 35.1. The van der Waals surface area contributed by atoms with Crippen molar-refractivity contribution in [3.05, 3.63) is 95.0 Å². The van der Waals surface area contributed by atoms with Gasteiger partial charge >= 0.3 is 29.1 Å². The zero-order valence-electron chi connectivity index (χ0n) is 26.0. The molecule has 0 saturated heterocycles. The van der Waals surface area contributed by atoms with Gasteiger partial charge in [-0.2, -0.15) is 26.3 Å². The minimum atomic E-state index is -4.99. The Morgan fingerprint density at radius 2 is 1.04 bits per heavy atom. The second kappa shape index (κ2) is 28.0. The van der Waals surface area contributed by atoms with E-state index >= 15 is 0 Å². The van der Waals surface area contributed by atoms with E-state index in [0.717, 1.165) is 24.3 Å². The molecular formula is C30H38ClCoF8N4O3. The summed E-state index contributed by atoms with van der Waals surface area (Å²) in [6, 6.07) is 12.6. The second-order valence-electron chi connectivity index (χ2n) is 8.51. The first kappa shape index (κ1) is 50.8. The van der Waals surface area contributed by atoms with Gasteiger partial charge in [0.15, 0.2) is 0 Å². The fourth-order valence-corrected chi connectivity index (χ4v) is 2.62. The summed E-state index contributed by atoms with van der Waals surface area (Å²) in [6.07, 6.45) is -9.37. The fraction of sp³-hybridized carbons (Fsp3) is 0.400. The number of ether oxygens (including phenoxy) is 1. The van der Waals surface area contributed by atoms with Crippen LogP contribution < -0.4 is 34.1 Å². The molecule has 0 fully saturated rings. The maximum absolute atomic E-state index is 12.3. The van der Waals surface area contributed by atoms with E-state index in [1.54, 1.807) is 24.3 Å². The van der Waals surface area contributed by atoms with Crippen LogP contribution in [0.1, 0.15) is 38.8 Å². The third kappa shape index (κ3) is 28.9. The molecule has 0 atom stereocenters. The Kier molecular flexibility index (Phi) is 30.3. The van der Waals surface area contributed by atoms with Gasteiger partial charge < -0.3 is 38.8 Å². The topological polar surface area (TPSA) is 132 Å². The van der Waals surface area contributed by atoms with Gasteiger partial charge in [-0.05, 0) is 86.8 Å². The van der Waals surface area contributed by atoms with E-state index in [4.69, 9.17) is 16.2 Å². The number of benzene rings is 2.